The minimum Gasteiger partial charge on any atom is -0.296 e. The van der Waals surface area contributed by atoms with Crippen LogP contribution in [0.3, 0.4) is 0 Å². The van der Waals surface area contributed by atoms with E-state index >= 15 is 0 Å². The fourth-order valence-corrected chi connectivity index (χ4v) is 10.6. The molecule has 9 aromatic rings. The summed E-state index contributed by atoms with van der Waals surface area (Å²) in [6, 6.07) is 4.99. The largest absolute Gasteiger partial charge is 0.331 e. The molecule has 0 spiro atoms. The molecule has 0 aliphatic heterocycles. The Morgan fingerprint density at radius 1 is 0.549 bits per heavy atom. The fourth-order valence-electron chi connectivity index (χ4n) is 7.46. The number of aromatic nitrogens is 12. The van der Waals surface area contributed by atoms with Gasteiger partial charge in [0.1, 0.15) is 0 Å². The number of hydrogen-bond donors (Lipinski definition) is 1. The molecule has 0 saturated carbocycles. The predicted molar refractivity (Wildman–Crippen MR) is 277 cm³/mol. The van der Waals surface area contributed by atoms with Gasteiger partial charge in [0.05, 0.1) is 77.7 Å². The van der Waals surface area contributed by atoms with Gasteiger partial charge in [0.25, 0.3) is 26.8 Å². The molecule has 0 radical (unpaired) electrons. The zero-order chi connectivity index (χ0) is 51.9. The summed E-state index contributed by atoms with van der Waals surface area (Å²) in [6.45, 7) is 12.5. The molecule has 0 atom stereocenters. The summed E-state index contributed by atoms with van der Waals surface area (Å²) in [6.07, 6.45) is 12.1. The van der Waals surface area contributed by atoms with Crippen molar-refractivity contribution >= 4 is 76.8 Å². The number of pyridine rings is 3. The molecule has 9 rings (SSSR count). The van der Waals surface area contributed by atoms with Gasteiger partial charge in [-0.25, -0.2) is 29.3 Å². The maximum absolute atomic E-state index is 12.5. The van der Waals surface area contributed by atoms with Gasteiger partial charge in [-0.1, -0.05) is 0 Å². The number of H-pyrrole nitrogens is 1. The molecule has 71 heavy (non-hydrogen) atoms. The van der Waals surface area contributed by atoms with Crippen LogP contribution in [0.4, 0.5) is 0 Å². The highest BCUT2D eigenvalue weighted by molar-refractivity contribution is 7.86. The second kappa shape index (κ2) is 22.9. The molecule has 0 aliphatic carbocycles. The van der Waals surface area contributed by atoms with Crippen molar-refractivity contribution in [3.8, 4) is 0 Å². The topological polar surface area (TPSA) is 264 Å². The molecule has 1 N–H and O–H groups in total. The van der Waals surface area contributed by atoms with E-state index in [1.165, 1.54) is 41.4 Å². The Morgan fingerprint density at radius 3 is 1.28 bits per heavy atom. The predicted octanol–water partition coefficient (Wildman–Crippen LogP) is 3.72. The molecule has 0 bridgehead atoms. The first-order chi connectivity index (χ1) is 33.6. The molecule has 25 heteroatoms. The monoisotopic (exact) mass is 1040 g/mol. The molecular formula is C46H52N12O9S4. The number of thiazole rings is 3. The molecular weight excluding hydrogens is 993 g/mol. The van der Waals surface area contributed by atoms with E-state index in [4.69, 9.17) is 0 Å². The zero-order valence-corrected chi connectivity index (χ0v) is 43.9. The van der Waals surface area contributed by atoms with E-state index in [-0.39, 0.29) is 29.1 Å². The second-order valence-corrected chi connectivity index (χ2v) is 21.6. The summed E-state index contributed by atoms with van der Waals surface area (Å²) < 4.78 is 32.9. The van der Waals surface area contributed by atoms with Crippen LogP contribution < -0.4 is 33.7 Å². The van der Waals surface area contributed by atoms with E-state index in [0.717, 1.165) is 53.0 Å². The molecule has 0 saturated heterocycles. The zero-order valence-electron chi connectivity index (χ0n) is 40.7. The minimum absolute atomic E-state index is 0.196. The lowest BCUT2D eigenvalue weighted by Gasteiger charge is -2.09. The molecule has 9 heterocycles. The van der Waals surface area contributed by atoms with Gasteiger partial charge in [0.15, 0.2) is 0 Å². The Balaban J connectivity index is 0.000000159. The number of nitrogens with one attached hydrogen (secondary N) is 1. The number of aryl methyl sites for hydroxylation is 11. The Morgan fingerprint density at radius 2 is 0.915 bits per heavy atom. The van der Waals surface area contributed by atoms with E-state index in [0.29, 0.717) is 65.1 Å². The van der Waals surface area contributed by atoms with Crippen molar-refractivity contribution in [1.29, 1.82) is 0 Å². The van der Waals surface area contributed by atoms with Gasteiger partial charge in [-0.3, -0.25) is 61.3 Å². The van der Waals surface area contributed by atoms with Gasteiger partial charge in [0.2, 0.25) is 0 Å². The minimum atomic E-state index is -3.32. The van der Waals surface area contributed by atoms with Gasteiger partial charge >= 0.3 is 17.1 Å². The molecule has 21 nitrogen and oxygen atoms in total. The van der Waals surface area contributed by atoms with Gasteiger partial charge in [-0.05, 0) is 59.7 Å². The summed E-state index contributed by atoms with van der Waals surface area (Å²) >= 11 is 4.79. The number of fused-ring (bicyclic) bond motifs is 3. The molecule has 9 aromatic heterocycles. The van der Waals surface area contributed by atoms with Crippen LogP contribution in [-0.4, -0.2) is 79.0 Å². The molecule has 0 aromatic carbocycles. The molecule has 0 unspecified atom stereocenters. The first-order valence-electron chi connectivity index (χ1n) is 21.8. The van der Waals surface area contributed by atoms with Crippen molar-refractivity contribution in [3.05, 3.63) is 165 Å². The number of hydrogen-bond acceptors (Lipinski definition) is 18. The highest BCUT2D eigenvalue weighted by atomic mass is 32.2. The summed E-state index contributed by atoms with van der Waals surface area (Å²) in [5.41, 5.74) is 2.70. The van der Waals surface area contributed by atoms with Crippen LogP contribution in [0.25, 0.3) is 32.7 Å². The van der Waals surface area contributed by atoms with E-state index in [1.54, 1.807) is 91.9 Å². The lowest BCUT2D eigenvalue weighted by atomic mass is 10.3. The van der Waals surface area contributed by atoms with Crippen molar-refractivity contribution in [3.63, 3.8) is 0 Å². The van der Waals surface area contributed by atoms with Crippen LogP contribution in [-0.2, 0) is 67.8 Å². The lowest BCUT2D eigenvalue weighted by Crippen LogP contribution is -2.39. The van der Waals surface area contributed by atoms with Crippen molar-refractivity contribution in [1.82, 2.24) is 57.7 Å². The summed E-state index contributed by atoms with van der Waals surface area (Å²) in [7, 11) is 1.62. The van der Waals surface area contributed by atoms with Crippen molar-refractivity contribution in [2.75, 3.05) is 12.9 Å². The normalized spacial score (nSPS) is 11.2. The first-order valence-corrected chi connectivity index (χ1v) is 26.1. The van der Waals surface area contributed by atoms with Crippen LogP contribution in [0.1, 0.15) is 46.7 Å². The molecule has 0 aliphatic rings. The average molecular weight is 1050 g/mol. The Labute approximate surface area is 417 Å². The van der Waals surface area contributed by atoms with Gasteiger partial charge in [-0.2, -0.15) is 8.42 Å². The van der Waals surface area contributed by atoms with Crippen LogP contribution in [0.15, 0.2) is 84.1 Å². The second-order valence-electron chi connectivity index (χ2n) is 16.1. The van der Waals surface area contributed by atoms with Crippen molar-refractivity contribution < 1.29 is 12.6 Å². The SMILES string of the molecule is Cc1nc(C)c(CCOS(C)(=O)=O)s1.Cc1nc(C)c(CCn2c(=O)c3cnccc3n(C)c2=O)s1.Cc1nc(C)c(CCn2c(=O)c3cnccc3n(C)c2=O)s1.Cn1c(=O)[nH]c(=O)c2cnccc21. The maximum Gasteiger partial charge on any atom is 0.331 e. The summed E-state index contributed by atoms with van der Waals surface area (Å²) in [5, 5.41) is 4.33. The third-order valence-corrected chi connectivity index (χ3v) is 15.0. The highest BCUT2D eigenvalue weighted by Crippen LogP contribution is 2.20. The van der Waals surface area contributed by atoms with Crippen LogP contribution in [0, 0.1) is 41.5 Å². The van der Waals surface area contributed by atoms with E-state index in [2.05, 4.69) is 39.1 Å². The Hall–Kier alpha value is -6.93. The lowest BCUT2D eigenvalue weighted by molar-refractivity contribution is 0.326. The quantitative estimate of drug-likeness (QED) is 0.191. The van der Waals surface area contributed by atoms with E-state index in [9.17, 15) is 37.2 Å². The standard InChI is InChI=1S/2C15H16N4O2S.C8H7N3O2.C8H13NO3S2/c2*1-9-13(22-10(2)17-9)5-7-19-14(20)11-8-16-6-4-12(11)18(3)15(19)21;1-11-6-2-3-9-4-5(6)7(12)10-8(11)13;1-6-8(13-7(2)9-6)4-5-12-14(3,10)11/h2*4,6,8H,5,7H2,1-3H3;2-4H,1H3,(H,10,12,13);4-5H2,1-3H3. The molecule has 0 fully saturated rings. The third-order valence-electron chi connectivity index (χ3n) is 11.0. The Bertz CT molecular complexity index is 3740. The van der Waals surface area contributed by atoms with E-state index < -0.39 is 21.4 Å². The van der Waals surface area contributed by atoms with Crippen LogP contribution in [0.2, 0.25) is 0 Å². The molecule has 374 valence electrons. The smallest absolute Gasteiger partial charge is 0.296 e. The highest BCUT2D eigenvalue weighted by Gasteiger charge is 2.15. The first kappa shape index (κ1) is 53.4. The number of aromatic amines is 1. The van der Waals surface area contributed by atoms with Crippen LogP contribution >= 0.6 is 34.0 Å². The summed E-state index contributed by atoms with van der Waals surface area (Å²) in [4.78, 5) is 102. The average Bonchev–Trinajstić information content (AvgIpc) is 3.96. The summed E-state index contributed by atoms with van der Waals surface area (Å²) in [5.74, 6) is 0. The van der Waals surface area contributed by atoms with Crippen molar-refractivity contribution in [2.45, 2.75) is 73.9 Å². The van der Waals surface area contributed by atoms with E-state index in [1.807, 2.05) is 41.5 Å². The maximum atomic E-state index is 12.5. The Kier molecular flexibility index (Phi) is 17.2. The fraction of sp³-hybridized carbons (Fsp3) is 0.348. The van der Waals surface area contributed by atoms with Gasteiger partial charge < -0.3 is 0 Å². The number of rotatable bonds is 10. The van der Waals surface area contributed by atoms with Crippen molar-refractivity contribution in [2.24, 2.45) is 21.1 Å². The van der Waals surface area contributed by atoms with Crippen LogP contribution in [0.5, 0.6) is 0 Å². The number of nitrogens with zero attached hydrogens (tertiary/aromatic N) is 11. The van der Waals surface area contributed by atoms with Gasteiger partial charge in [-0.15, -0.1) is 34.0 Å². The third kappa shape index (κ3) is 12.9. The van der Waals surface area contributed by atoms with Gasteiger partial charge in [0, 0.05) is 105 Å². The molecule has 0 amide bonds.